The van der Waals surface area contributed by atoms with Crippen molar-refractivity contribution in [2.75, 3.05) is 6.61 Å². The Morgan fingerprint density at radius 2 is 0.750 bits per heavy atom. The first-order valence-corrected chi connectivity index (χ1v) is 23.9. The molecule has 0 aliphatic heterocycles. The Bertz CT molecular complexity index is 1550. The number of phosphoric ester groups is 2. The van der Waals surface area contributed by atoms with Crippen LogP contribution in [-0.2, 0) is 18.2 Å². The number of rotatable bonds is 26. The Hall–Kier alpha value is -3.54. The average molecular weight is 807 g/mol. The second-order valence-corrected chi connectivity index (χ2v) is 17.3. The van der Waals surface area contributed by atoms with Crippen molar-refractivity contribution in [1.29, 1.82) is 0 Å². The summed E-state index contributed by atoms with van der Waals surface area (Å²) in [5.74, 6) is 1.89. The van der Waals surface area contributed by atoms with Crippen molar-refractivity contribution >= 4 is 15.6 Å². The van der Waals surface area contributed by atoms with E-state index in [0.717, 1.165) is 38.5 Å². The molecule has 4 aromatic rings. The van der Waals surface area contributed by atoms with Crippen LogP contribution in [0.3, 0.4) is 0 Å². The van der Waals surface area contributed by atoms with Crippen LogP contribution in [0.25, 0.3) is 0 Å². The van der Waals surface area contributed by atoms with Gasteiger partial charge in [0.25, 0.3) is 0 Å². The molecule has 1 fully saturated rings. The number of hydrogen-bond donors (Lipinski definition) is 0. The molecule has 56 heavy (non-hydrogen) atoms. The lowest BCUT2D eigenvalue weighted by Crippen LogP contribution is -2.18. The lowest BCUT2D eigenvalue weighted by Gasteiger charge is -2.26. The van der Waals surface area contributed by atoms with Crippen molar-refractivity contribution < 1.29 is 36.3 Å². The molecule has 0 N–H and O–H groups in total. The van der Waals surface area contributed by atoms with Crippen molar-refractivity contribution in [2.45, 2.75) is 135 Å². The summed E-state index contributed by atoms with van der Waals surface area (Å²) in [4.78, 5) is 0. The summed E-state index contributed by atoms with van der Waals surface area (Å²) in [6.07, 6.45) is 23.2. The average Bonchev–Trinajstić information content (AvgIpc) is 3.21. The largest absolute Gasteiger partial charge is 0.587 e. The highest BCUT2D eigenvalue weighted by molar-refractivity contribution is 7.49. The van der Waals surface area contributed by atoms with Crippen molar-refractivity contribution in [1.82, 2.24) is 0 Å². The number of benzene rings is 4. The third-order valence-corrected chi connectivity index (χ3v) is 12.2. The molecule has 1 aliphatic carbocycles. The van der Waals surface area contributed by atoms with E-state index in [4.69, 9.17) is 27.1 Å². The van der Waals surface area contributed by atoms with Crippen molar-refractivity contribution in [2.24, 2.45) is 0 Å². The van der Waals surface area contributed by atoms with Gasteiger partial charge in [0.15, 0.2) is 0 Å². The minimum atomic E-state index is -3.75. The van der Waals surface area contributed by atoms with Gasteiger partial charge >= 0.3 is 15.6 Å². The highest BCUT2D eigenvalue weighted by Crippen LogP contribution is 2.52. The van der Waals surface area contributed by atoms with Crippen LogP contribution < -0.4 is 18.1 Å². The molecule has 0 heterocycles. The van der Waals surface area contributed by atoms with Crippen molar-refractivity contribution in [3.63, 3.8) is 0 Å². The standard InChI is InChI=1S/C28H43O4P.C18H21O4P/c1-2-3-4-5-6-7-8-9-10-11-12-13-14-21-26-30-33(29,31-27-22-17-15-18-23-27)32-28-24-19-16-20-25-28;19-23(20-16-10-4-1-5-11-16,21-17-12-6-2-7-13-17)22-18-14-8-3-9-15-18/h15-20,22-25H,2-14,21,26H2,1H3;1-2,4-7,10-13,18H,3,8-9,14-15H2. The van der Waals surface area contributed by atoms with Gasteiger partial charge in [0.2, 0.25) is 0 Å². The Morgan fingerprint density at radius 1 is 0.429 bits per heavy atom. The van der Waals surface area contributed by atoms with Gasteiger partial charge in [-0.25, -0.2) is 9.13 Å². The number of phosphoric acid groups is 2. The molecule has 0 saturated heterocycles. The topological polar surface area (TPSA) is 89.5 Å². The maximum Gasteiger partial charge on any atom is 0.587 e. The van der Waals surface area contributed by atoms with E-state index < -0.39 is 15.6 Å². The van der Waals surface area contributed by atoms with E-state index >= 15 is 0 Å². The molecular formula is C46H64O8P2. The highest BCUT2D eigenvalue weighted by Gasteiger charge is 2.35. The highest BCUT2D eigenvalue weighted by atomic mass is 31.2. The summed E-state index contributed by atoms with van der Waals surface area (Å²) in [5, 5.41) is 0. The molecule has 0 radical (unpaired) electrons. The zero-order chi connectivity index (χ0) is 39.4. The molecule has 1 saturated carbocycles. The fourth-order valence-electron chi connectivity index (χ4n) is 6.40. The van der Waals surface area contributed by atoms with E-state index in [0.29, 0.717) is 29.6 Å². The predicted octanol–water partition coefficient (Wildman–Crippen LogP) is 15.4. The van der Waals surface area contributed by atoms with Crippen LogP contribution >= 0.6 is 15.6 Å². The van der Waals surface area contributed by atoms with Gasteiger partial charge in [-0.3, -0.25) is 9.05 Å². The van der Waals surface area contributed by atoms with Gasteiger partial charge in [-0.1, -0.05) is 182 Å². The first kappa shape index (κ1) is 45.2. The third-order valence-electron chi connectivity index (χ3n) is 9.42. The molecule has 0 amide bonds. The monoisotopic (exact) mass is 806 g/mol. The summed E-state index contributed by atoms with van der Waals surface area (Å²) in [6.45, 7) is 2.63. The van der Waals surface area contributed by atoms with Crippen LogP contribution in [0.15, 0.2) is 121 Å². The molecule has 0 unspecified atom stereocenters. The van der Waals surface area contributed by atoms with Gasteiger partial charge in [0.1, 0.15) is 23.0 Å². The summed E-state index contributed by atoms with van der Waals surface area (Å²) in [7, 11) is -7.48. The van der Waals surface area contributed by atoms with Gasteiger partial charge in [0, 0.05) is 0 Å². The van der Waals surface area contributed by atoms with Crippen LogP contribution in [-0.4, -0.2) is 12.7 Å². The van der Waals surface area contributed by atoms with Crippen LogP contribution in [0.2, 0.25) is 0 Å². The molecule has 4 aromatic carbocycles. The molecule has 0 atom stereocenters. The van der Waals surface area contributed by atoms with Crippen LogP contribution in [0, 0.1) is 0 Å². The minimum Gasteiger partial charge on any atom is -0.395 e. The van der Waals surface area contributed by atoms with Gasteiger partial charge in [-0.05, 0) is 67.8 Å². The molecule has 8 nitrogen and oxygen atoms in total. The summed E-state index contributed by atoms with van der Waals surface area (Å²) in [6, 6.07) is 36.1. The number of para-hydroxylation sites is 4. The summed E-state index contributed by atoms with van der Waals surface area (Å²) >= 11 is 0. The van der Waals surface area contributed by atoms with Crippen LogP contribution in [0.4, 0.5) is 0 Å². The molecule has 1 aliphatic rings. The fourth-order valence-corrected chi connectivity index (χ4v) is 9.12. The second-order valence-electron chi connectivity index (χ2n) is 14.3. The maximum atomic E-state index is 13.2. The number of unbranched alkanes of at least 4 members (excludes halogenated alkanes) is 13. The third kappa shape index (κ3) is 19.6. The van der Waals surface area contributed by atoms with E-state index in [2.05, 4.69) is 6.92 Å². The lowest BCUT2D eigenvalue weighted by molar-refractivity contribution is 0.111. The molecule has 306 valence electrons. The lowest BCUT2D eigenvalue weighted by atomic mass is 9.98. The van der Waals surface area contributed by atoms with Gasteiger partial charge in [-0.2, -0.15) is 0 Å². The molecule has 0 bridgehead atoms. The molecule has 0 spiro atoms. The Balaban J connectivity index is 0.000000264. The Labute approximate surface area is 336 Å². The first-order valence-electron chi connectivity index (χ1n) is 21.0. The summed E-state index contributed by atoms with van der Waals surface area (Å²) in [5.41, 5.74) is 0. The van der Waals surface area contributed by atoms with E-state index in [1.807, 2.05) is 72.8 Å². The molecule has 0 aromatic heterocycles. The minimum absolute atomic E-state index is 0.0815. The SMILES string of the molecule is CCCCCCCCCCCCCCCCOP(=O)(Oc1ccccc1)Oc1ccccc1.O=P(Oc1ccccc1)(Oc1ccccc1)OC1CCCCC1. The zero-order valence-electron chi connectivity index (χ0n) is 33.4. The van der Waals surface area contributed by atoms with Gasteiger partial charge in [-0.15, -0.1) is 0 Å². The molecule has 5 rings (SSSR count). The van der Waals surface area contributed by atoms with Crippen molar-refractivity contribution in [3.8, 4) is 23.0 Å². The normalized spacial score (nSPS) is 13.3. The second kappa shape index (κ2) is 27.2. The van der Waals surface area contributed by atoms with Crippen molar-refractivity contribution in [3.05, 3.63) is 121 Å². The fraction of sp³-hybridized carbons (Fsp3) is 0.478. The van der Waals surface area contributed by atoms with Gasteiger partial charge in [0.05, 0.1) is 12.7 Å². The van der Waals surface area contributed by atoms with Gasteiger partial charge < -0.3 is 18.1 Å². The Morgan fingerprint density at radius 3 is 1.11 bits per heavy atom. The van der Waals surface area contributed by atoms with E-state index in [1.54, 1.807) is 48.5 Å². The van der Waals surface area contributed by atoms with Crippen LogP contribution in [0.5, 0.6) is 23.0 Å². The predicted molar refractivity (Wildman–Crippen MR) is 228 cm³/mol. The first-order chi connectivity index (χ1) is 27.5. The molecular weight excluding hydrogens is 742 g/mol. The maximum absolute atomic E-state index is 13.2. The zero-order valence-corrected chi connectivity index (χ0v) is 35.2. The van der Waals surface area contributed by atoms with E-state index in [1.165, 1.54) is 83.5 Å². The van der Waals surface area contributed by atoms with E-state index in [-0.39, 0.29) is 6.10 Å². The number of hydrogen-bond acceptors (Lipinski definition) is 8. The van der Waals surface area contributed by atoms with Crippen LogP contribution in [0.1, 0.15) is 129 Å². The van der Waals surface area contributed by atoms with E-state index in [9.17, 15) is 9.13 Å². The summed E-state index contributed by atoms with van der Waals surface area (Å²) < 4.78 is 60.3. The smallest absolute Gasteiger partial charge is 0.395 e. The quantitative estimate of drug-likeness (QED) is 0.0458. The Kier molecular flexibility index (Phi) is 21.9. The molecule has 10 heteroatoms.